The number of hydrogen-bond donors (Lipinski definition) is 2. The third-order valence-corrected chi connectivity index (χ3v) is 5.30. The molecule has 2 heterocycles. The molecule has 3 rings (SSSR count). The topological polar surface area (TPSA) is 93.9 Å². The van der Waals surface area contributed by atoms with Crippen LogP contribution in [0, 0.1) is 11.3 Å². The standard InChI is InChI=1S/C18H23F3N6O/c19-18(20,21)12-9-24-17(25-10-12)26-14-5-3-13(4-6-14)23-11-16(28)27-7-1-2-15(27)8-22/h9-10,13-15,23H,1-7,11H2,(H,24,25,26)/t13?,14?,15-/m0/s1. The number of anilines is 1. The Balaban J connectivity index is 1.40. The van der Waals surface area contributed by atoms with Crippen molar-refractivity contribution in [2.45, 2.75) is 62.8 Å². The number of hydrogen-bond acceptors (Lipinski definition) is 6. The van der Waals surface area contributed by atoms with E-state index in [2.05, 4.69) is 26.7 Å². The molecule has 28 heavy (non-hydrogen) atoms. The Kier molecular flexibility index (Phi) is 6.34. The Morgan fingerprint density at radius 1 is 1.18 bits per heavy atom. The SMILES string of the molecule is N#C[C@@H]1CCCN1C(=O)CNC1CCC(Nc2ncc(C(F)(F)F)cn2)CC1. The Hall–Kier alpha value is -2.41. The fourth-order valence-electron chi connectivity index (χ4n) is 3.71. The lowest BCUT2D eigenvalue weighted by Gasteiger charge is -2.30. The van der Waals surface area contributed by atoms with Crippen LogP contribution in [0.3, 0.4) is 0 Å². The van der Waals surface area contributed by atoms with Gasteiger partial charge in [-0.25, -0.2) is 9.97 Å². The lowest BCUT2D eigenvalue weighted by molar-refractivity contribution is -0.138. The van der Waals surface area contributed by atoms with Gasteiger partial charge >= 0.3 is 6.18 Å². The Morgan fingerprint density at radius 2 is 1.82 bits per heavy atom. The molecule has 2 aliphatic rings. The molecular weight excluding hydrogens is 373 g/mol. The minimum Gasteiger partial charge on any atom is -0.351 e. The first-order valence-electron chi connectivity index (χ1n) is 9.45. The molecule has 0 unspecified atom stereocenters. The molecule has 0 radical (unpaired) electrons. The first-order valence-corrected chi connectivity index (χ1v) is 9.45. The summed E-state index contributed by atoms with van der Waals surface area (Å²) in [7, 11) is 0. The summed E-state index contributed by atoms with van der Waals surface area (Å²) in [4.78, 5) is 21.4. The fourth-order valence-corrected chi connectivity index (χ4v) is 3.71. The maximum absolute atomic E-state index is 12.5. The van der Waals surface area contributed by atoms with Crippen LogP contribution in [0.15, 0.2) is 12.4 Å². The van der Waals surface area contributed by atoms with Gasteiger partial charge in [-0.05, 0) is 38.5 Å². The zero-order chi connectivity index (χ0) is 20.1. The third-order valence-electron chi connectivity index (χ3n) is 5.30. The van der Waals surface area contributed by atoms with Crippen LogP contribution in [-0.2, 0) is 11.0 Å². The smallest absolute Gasteiger partial charge is 0.351 e. The van der Waals surface area contributed by atoms with Gasteiger partial charge in [0, 0.05) is 31.0 Å². The Morgan fingerprint density at radius 3 is 2.43 bits per heavy atom. The van der Waals surface area contributed by atoms with Gasteiger partial charge in [0.15, 0.2) is 0 Å². The van der Waals surface area contributed by atoms with Crippen LogP contribution >= 0.6 is 0 Å². The molecule has 1 amide bonds. The number of rotatable bonds is 5. The quantitative estimate of drug-likeness (QED) is 0.793. The monoisotopic (exact) mass is 396 g/mol. The number of nitrogens with zero attached hydrogens (tertiary/aromatic N) is 4. The summed E-state index contributed by atoms with van der Waals surface area (Å²) in [6, 6.07) is 2.16. The van der Waals surface area contributed by atoms with Gasteiger partial charge in [0.2, 0.25) is 11.9 Å². The molecule has 7 nitrogen and oxygen atoms in total. The van der Waals surface area contributed by atoms with Crippen molar-refractivity contribution in [1.29, 1.82) is 5.26 Å². The van der Waals surface area contributed by atoms with Crippen LogP contribution in [0.2, 0.25) is 0 Å². The number of halogens is 3. The second-order valence-electron chi connectivity index (χ2n) is 7.24. The zero-order valence-electron chi connectivity index (χ0n) is 15.4. The molecule has 1 atom stereocenters. The van der Waals surface area contributed by atoms with Crippen molar-refractivity contribution in [2.24, 2.45) is 0 Å². The summed E-state index contributed by atoms with van der Waals surface area (Å²) in [5.41, 5.74) is -0.868. The van der Waals surface area contributed by atoms with Crippen LogP contribution < -0.4 is 10.6 Å². The predicted octanol–water partition coefficient (Wildman–Crippen LogP) is 2.32. The van der Waals surface area contributed by atoms with Gasteiger partial charge in [-0.2, -0.15) is 18.4 Å². The van der Waals surface area contributed by atoms with E-state index in [4.69, 9.17) is 5.26 Å². The van der Waals surface area contributed by atoms with Crippen LogP contribution in [-0.4, -0.2) is 52.0 Å². The summed E-state index contributed by atoms with van der Waals surface area (Å²) >= 11 is 0. The molecule has 0 spiro atoms. The van der Waals surface area contributed by atoms with Crippen LogP contribution in [0.25, 0.3) is 0 Å². The summed E-state index contributed by atoms with van der Waals surface area (Å²) in [5, 5.41) is 15.4. The molecule has 2 N–H and O–H groups in total. The molecule has 1 aromatic rings. The number of aromatic nitrogens is 2. The molecule has 0 aromatic carbocycles. The van der Waals surface area contributed by atoms with Crippen LogP contribution in [0.4, 0.5) is 19.1 Å². The third kappa shape index (κ3) is 5.10. The molecule has 2 fully saturated rings. The number of nitrogens with one attached hydrogen (secondary N) is 2. The second-order valence-corrected chi connectivity index (χ2v) is 7.24. The summed E-state index contributed by atoms with van der Waals surface area (Å²) in [6.45, 7) is 0.867. The number of likely N-dealkylation sites (tertiary alicyclic amines) is 1. The summed E-state index contributed by atoms with van der Waals surface area (Å²) in [5.74, 6) is 0.151. The molecule has 1 saturated heterocycles. The molecule has 152 valence electrons. The van der Waals surface area contributed by atoms with E-state index in [1.54, 1.807) is 4.90 Å². The number of carbonyl (C=O) groups is 1. The van der Waals surface area contributed by atoms with E-state index in [1.807, 2.05) is 0 Å². The Labute approximate surface area is 161 Å². The van der Waals surface area contributed by atoms with E-state index in [0.29, 0.717) is 6.54 Å². The number of amides is 1. The molecule has 0 bridgehead atoms. The van der Waals surface area contributed by atoms with Gasteiger partial charge in [0.05, 0.1) is 18.2 Å². The van der Waals surface area contributed by atoms with E-state index in [9.17, 15) is 18.0 Å². The lowest BCUT2D eigenvalue weighted by atomic mass is 9.91. The Bertz CT molecular complexity index is 710. The largest absolute Gasteiger partial charge is 0.419 e. The second kappa shape index (κ2) is 8.73. The minimum absolute atomic E-state index is 0.0394. The van der Waals surface area contributed by atoms with Crippen molar-refractivity contribution in [3.8, 4) is 6.07 Å². The molecule has 1 aliphatic carbocycles. The van der Waals surface area contributed by atoms with Crippen molar-refractivity contribution >= 4 is 11.9 Å². The zero-order valence-corrected chi connectivity index (χ0v) is 15.4. The summed E-state index contributed by atoms with van der Waals surface area (Å²) in [6.07, 6.45) is 2.02. The molecule has 1 aromatic heterocycles. The normalized spacial score (nSPS) is 25.4. The van der Waals surface area contributed by atoms with Gasteiger partial charge in [0.25, 0.3) is 0 Å². The fraction of sp³-hybridized carbons (Fsp3) is 0.667. The van der Waals surface area contributed by atoms with E-state index < -0.39 is 11.7 Å². The van der Waals surface area contributed by atoms with E-state index in [-0.39, 0.29) is 36.5 Å². The maximum atomic E-state index is 12.5. The number of carbonyl (C=O) groups excluding carboxylic acids is 1. The highest BCUT2D eigenvalue weighted by atomic mass is 19.4. The van der Waals surface area contributed by atoms with Crippen LogP contribution in [0.5, 0.6) is 0 Å². The lowest BCUT2D eigenvalue weighted by Crippen LogP contribution is -2.45. The molecule has 1 saturated carbocycles. The first-order chi connectivity index (χ1) is 13.4. The van der Waals surface area contributed by atoms with Crippen molar-refractivity contribution in [3.63, 3.8) is 0 Å². The highest BCUT2D eigenvalue weighted by molar-refractivity contribution is 5.79. The summed E-state index contributed by atoms with van der Waals surface area (Å²) < 4.78 is 37.6. The number of nitriles is 1. The van der Waals surface area contributed by atoms with Gasteiger partial charge in [-0.1, -0.05) is 0 Å². The van der Waals surface area contributed by atoms with Crippen LogP contribution in [0.1, 0.15) is 44.1 Å². The van der Waals surface area contributed by atoms with Crippen molar-refractivity contribution < 1.29 is 18.0 Å². The average Bonchev–Trinajstić information content (AvgIpc) is 3.16. The average molecular weight is 396 g/mol. The van der Waals surface area contributed by atoms with Crippen molar-refractivity contribution in [2.75, 3.05) is 18.4 Å². The molecule has 10 heteroatoms. The van der Waals surface area contributed by atoms with E-state index in [1.165, 1.54) is 0 Å². The van der Waals surface area contributed by atoms with Gasteiger partial charge < -0.3 is 15.5 Å². The minimum atomic E-state index is -4.44. The predicted molar refractivity (Wildman–Crippen MR) is 95.1 cm³/mol. The van der Waals surface area contributed by atoms with Gasteiger partial charge in [-0.3, -0.25) is 4.79 Å². The highest BCUT2D eigenvalue weighted by Gasteiger charge is 2.32. The maximum Gasteiger partial charge on any atom is 0.419 e. The molecule has 1 aliphatic heterocycles. The first kappa shape index (κ1) is 20.3. The molecular formula is C18H23F3N6O. The van der Waals surface area contributed by atoms with Gasteiger partial charge in [-0.15, -0.1) is 0 Å². The number of alkyl halides is 3. The van der Waals surface area contributed by atoms with Crippen molar-refractivity contribution in [1.82, 2.24) is 20.2 Å². The van der Waals surface area contributed by atoms with E-state index >= 15 is 0 Å². The highest BCUT2D eigenvalue weighted by Crippen LogP contribution is 2.28. The van der Waals surface area contributed by atoms with E-state index in [0.717, 1.165) is 50.9 Å². The van der Waals surface area contributed by atoms with Gasteiger partial charge in [0.1, 0.15) is 6.04 Å². The van der Waals surface area contributed by atoms with Crippen molar-refractivity contribution in [3.05, 3.63) is 18.0 Å².